The molecule has 9 heteroatoms. The van der Waals surface area contributed by atoms with Crippen molar-refractivity contribution in [2.45, 2.75) is 12.5 Å². The lowest BCUT2D eigenvalue weighted by Gasteiger charge is -2.30. The van der Waals surface area contributed by atoms with Gasteiger partial charge in [-0.05, 0) is 17.7 Å². The van der Waals surface area contributed by atoms with E-state index in [9.17, 15) is 14.7 Å². The van der Waals surface area contributed by atoms with E-state index in [0.717, 1.165) is 11.3 Å². The van der Waals surface area contributed by atoms with Crippen LogP contribution < -0.4 is 20.3 Å². The molecule has 1 aliphatic rings. The maximum atomic E-state index is 12.4. The Labute approximate surface area is 179 Å². The third-order valence-electron chi connectivity index (χ3n) is 4.95. The Balaban J connectivity index is 1.49. The molecule has 0 radical (unpaired) electrons. The van der Waals surface area contributed by atoms with Crippen molar-refractivity contribution in [3.63, 3.8) is 0 Å². The van der Waals surface area contributed by atoms with E-state index in [1.165, 1.54) is 0 Å². The van der Waals surface area contributed by atoms with Gasteiger partial charge in [-0.25, -0.2) is 4.98 Å². The molecule has 4 N–H and O–H groups in total. The Kier molecular flexibility index (Phi) is 6.02. The van der Waals surface area contributed by atoms with Crippen LogP contribution in [0.25, 0.3) is 0 Å². The Hall–Kier alpha value is -4.01. The number of amides is 1. The minimum Gasteiger partial charge on any atom is -0.481 e. The Morgan fingerprint density at radius 2 is 2.10 bits per heavy atom. The lowest BCUT2D eigenvalue weighted by atomic mass is 10.0. The van der Waals surface area contributed by atoms with Gasteiger partial charge in [0.25, 0.3) is 5.91 Å². The number of nitrogens with one attached hydrogen (secondary N) is 3. The van der Waals surface area contributed by atoms with E-state index in [1.807, 2.05) is 42.5 Å². The van der Waals surface area contributed by atoms with Gasteiger partial charge in [-0.2, -0.15) is 0 Å². The molecule has 1 amide bonds. The molecule has 2 heterocycles. The molecule has 3 aromatic rings. The predicted molar refractivity (Wildman–Crippen MR) is 116 cm³/mol. The van der Waals surface area contributed by atoms with E-state index < -0.39 is 12.0 Å². The first kappa shape index (κ1) is 20.3. The molecule has 2 aromatic carbocycles. The Morgan fingerprint density at radius 3 is 2.84 bits per heavy atom. The van der Waals surface area contributed by atoms with Crippen molar-refractivity contribution in [3.05, 3.63) is 66.5 Å². The van der Waals surface area contributed by atoms with Crippen LogP contribution in [0.1, 0.15) is 18.0 Å². The summed E-state index contributed by atoms with van der Waals surface area (Å²) in [5, 5.41) is 15.7. The quantitative estimate of drug-likeness (QED) is 0.419. The number of ether oxygens (including phenoxy) is 1. The molecule has 1 atom stereocenters. The number of carbonyl (C=O) groups excluding carboxylic acids is 1. The first-order chi connectivity index (χ1) is 15.1. The van der Waals surface area contributed by atoms with Crippen LogP contribution in [-0.2, 0) is 9.59 Å². The van der Waals surface area contributed by atoms with Gasteiger partial charge in [0.15, 0.2) is 12.6 Å². The average Bonchev–Trinajstić information content (AvgIpc) is 3.29. The number of H-pyrrole nitrogens is 1. The van der Waals surface area contributed by atoms with E-state index in [2.05, 4.69) is 20.6 Å². The van der Waals surface area contributed by atoms with Crippen LogP contribution >= 0.6 is 0 Å². The average molecular weight is 421 g/mol. The summed E-state index contributed by atoms with van der Waals surface area (Å²) in [5.74, 6) is 0.203. The minimum absolute atomic E-state index is 0.0472. The maximum absolute atomic E-state index is 12.4. The zero-order valence-electron chi connectivity index (χ0n) is 16.7. The van der Waals surface area contributed by atoms with Gasteiger partial charge in [-0.15, -0.1) is 0 Å². The minimum atomic E-state index is -0.892. The monoisotopic (exact) mass is 421 g/mol. The third kappa shape index (κ3) is 4.95. The number of aromatic amines is 1. The van der Waals surface area contributed by atoms with Crippen LogP contribution in [0.2, 0.25) is 0 Å². The molecule has 0 saturated heterocycles. The molecule has 1 unspecified atom stereocenters. The fraction of sp³-hybridized carbons (Fsp3) is 0.227. The zero-order valence-corrected chi connectivity index (χ0v) is 16.7. The van der Waals surface area contributed by atoms with Crippen LogP contribution in [0.4, 0.5) is 17.3 Å². The largest absolute Gasteiger partial charge is 0.481 e. The van der Waals surface area contributed by atoms with E-state index in [1.54, 1.807) is 23.4 Å². The van der Waals surface area contributed by atoms with Crippen LogP contribution in [0.3, 0.4) is 0 Å². The van der Waals surface area contributed by atoms with Gasteiger partial charge in [0.2, 0.25) is 0 Å². The van der Waals surface area contributed by atoms with Crippen LogP contribution in [0.15, 0.2) is 60.9 Å². The molecule has 0 saturated carbocycles. The fourth-order valence-electron chi connectivity index (χ4n) is 3.50. The van der Waals surface area contributed by atoms with Crippen molar-refractivity contribution in [2.24, 2.45) is 0 Å². The van der Waals surface area contributed by atoms with Gasteiger partial charge in [0.1, 0.15) is 5.75 Å². The summed E-state index contributed by atoms with van der Waals surface area (Å²) in [6.45, 7) is 0.927. The highest BCUT2D eigenvalue weighted by Crippen LogP contribution is 2.35. The summed E-state index contributed by atoms with van der Waals surface area (Å²) in [5.41, 5.74) is 2.28. The number of benzene rings is 2. The molecule has 0 bridgehead atoms. The number of carbonyl (C=O) groups is 2. The highest BCUT2D eigenvalue weighted by molar-refractivity contribution is 5.98. The second-order valence-corrected chi connectivity index (χ2v) is 7.09. The van der Waals surface area contributed by atoms with Gasteiger partial charge in [0, 0.05) is 37.2 Å². The highest BCUT2D eigenvalue weighted by atomic mass is 16.5. The highest BCUT2D eigenvalue weighted by Gasteiger charge is 2.26. The lowest BCUT2D eigenvalue weighted by molar-refractivity contribution is -0.137. The third-order valence-corrected chi connectivity index (χ3v) is 4.95. The van der Waals surface area contributed by atoms with Crippen molar-refractivity contribution < 1.29 is 19.4 Å². The summed E-state index contributed by atoms with van der Waals surface area (Å²) in [7, 11) is 0. The second kappa shape index (κ2) is 9.21. The number of fused-ring (bicyclic) bond motifs is 1. The van der Waals surface area contributed by atoms with Crippen molar-refractivity contribution in [3.8, 4) is 5.75 Å². The van der Waals surface area contributed by atoms with Crippen molar-refractivity contribution in [2.75, 3.05) is 35.2 Å². The molecular weight excluding hydrogens is 398 g/mol. The van der Waals surface area contributed by atoms with Gasteiger partial charge >= 0.3 is 5.97 Å². The number of imidazole rings is 1. The zero-order chi connectivity index (χ0) is 21.6. The van der Waals surface area contributed by atoms with E-state index >= 15 is 0 Å². The van der Waals surface area contributed by atoms with E-state index in [0.29, 0.717) is 30.5 Å². The molecule has 160 valence electrons. The van der Waals surface area contributed by atoms with Crippen molar-refractivity contribution in [1.82, 2.24) is 9.97 Å². The summed E-state index contributed by atoms with van der Waals surface area (Å²) >= 11 is 0. The molecule has 1 aliphatic heterocycles. The summed E-state index contributed by atoms with van der Waals surface area (Å²) in [6.07, 6.45) is 3.31. The first-order valence-electron chi connectivity index (χ1n) is 9.94. The number of nitrogens with zero attached hydrogens (tertiary/aromatic N) is 2. The summed E-state index contributed by atoms with van der Waals surface area (Å²) < 4.78 is 5.64. The molecule has 4 rings (SSSR count). The van der Waals surface area contributed by atoms with Gasteiger partial charge in [-0.1, -0.05) is 30.3 Å². The molecule has 1 aromatic heterocycles. The molecule has 9 nitrogen and oxygen atoms in total. The lowest BCUT2D eigenvalue weighted by Crippen LogP contribution is -2.41. The molecule has 0 fully saturated rings. The van der Waals surface area contributed by atoms with E-state index in [4.69, 9.17) is 4.74 Å². The Bertz CT molecular complexity index is 1040. The number of aromatic nitrogens is 2. The van der Waals surface area contributed by atoms with Crippen LogP contribution in [-0.4, -0.2) is 46.6 Å². The molecule has 0 aliphatic carbocycles. The standard InChI is InChI=1S/C22H23N5O4/c28-20-14-31-19-12-16(26-17(13-21(29)30)15-4-2-1-3-5-15)6-7-18(19)27(20)11-10-25-22-23-8-9-24-22/h1-9,12,17,26H,10-11,13-14H2,(H,29,30)(H2,23,24,25). The number of hydrogen-bond acceptors (Lipinski definition) is 6. The van der Waals surface area contributed by atoms with Crippen molar-refractivity contribution >= 4 is 29.2 Å². The van der Waals surface area contributed by atoms with Crippen LogP contribution in [0.5, 0.6) is 5.75 Å². The smallest absolute Gasteiger partial charge is 0.305 e. The normalized spacial score (nSPS) is 13.8. The van der Waals surface area contributed by atoms with Gasteiger partial charge < -0.3 is 30.4 Å². The number of aliphatic carboxylic acids is 1. The number of rotatable bonds is 9. The van der Waals surface area contributed by atoms with Crippen molar-refractivity contribution in [1.29, 1.82) is 0 Å². The predicted octanol–water partition coefficient (Wildman–Crippen LogP) is 2.88. The second-order valence-electron chi connectivity index (χ2n) is 7.09. The Morgan fingerprint density at radius 1 is 1.26 bits per heavy atom. The fourth-order valence-corrected chi connectivity index (χ4v) is 3.50. The van der Waals surface area contributed by atoms with Gasteiger partial charge in [-0.3, -0.25) is 9.59 Å². The number of anilines is 3. The van der Waals surface area contributed by atoms with Gasteiger partial charge in [0.05, 0.1) is 18.2 Å². The SMILES string of the molecule is O=C(O)CC(Nc1ccc2c(c1)OCC(=O)N2CCNc1ncc[nH]1)c1ccccc1. The maximum Gasteiger partial charge on any atom is 0.305 e. The molecule has 31 heavy (non-hydrogen) atoms. The van der Waals surface area contributed by atoms with E-state index in [-0.39, 0.29) is 18.9 Å². The first-order valence-corrected chi connectivity index (χ1v) is 9.94. The molecular formula is C22H23N5O4. The number of carboxylic acids is 1. The summed E-state index contributed by atoms with van der Waals surface area (Å²) in [4.78, 5) is 32.5. The number of hydrogen-bond donors (Lipinski definition) is 4. The number of carboxylic acid groups (broad SMARTS) is 1. The van der Waals surface area contributed by atoms with Crippen LogP contribution in [0, 0.1) is 0 Å². The molecule has 0 spiro atoms. The topological polar surface area (TPSA) is 120 Å². The summed E-state index contributed by atoms with van der Waals surface area (Å²) in [6, 6.07) is 14.5.